The van der Waals surface area contributed by atoms with Crippen LogP contribution in [0.4, 0.5) is 13.2 Å². The van der Waals surface area contributed by atoms with Gasteiger partial charge in [-0.1, -0.05) is 28.1 Å². The average Bonchev–Trinajstić information content (AvgIpc) is 3.16. The third kappa shape index (κ3) is 3.71. The average molecular weight is 478 g/mol. The van der Waals surface area contributed by atoms with Crippen LogP contribution in [0.5, 0.6) is 0 Å². The van der Waals surface area contributed by atoms with Crippen LogP contribution in [0.1, 0.15) is 12.0 Å². The van der Waals surface area contributed by atoms with Gasteiger partial charge in [0.05, 0.1) is 24.1 Å². The quantitative estimate of drug-likeness (QED) is 0.520. The van der Waals surface area contributed by atoms with Gasteiger partial charge in [-0.15, -0.1) is 0 Å². The third-order valence-corrected chi connectivity index (χ3v) is 5.34. The number of halogens is 4. The number of carbonyl (C=O) groups is 2. The zero-order valence-corrected chi connectivity index (χ0v) is 16.4. The topological polar surface area (TPSA) is 91.6 Å². The summed E-state index contributed by atoms with van der Waals surface area (Å²) >= 11 is 3.72. The first-order valence-electron chi connectivity index (χ1n) is 7.58. The van der Waals surface area contributed by atoms with Gasteiger partial charge in [-0.2, -0.15) is 28.3 Å². The Kier molecular flexibility index (Phi) is 5.38. The zero-order valence-electron chi connectivity index (χ0n) is 14.0. The van der Waals surface area contributed by atoms with Gasteiger partial charge in [-0.05, 0) is 29.5 Å². The third-order valence-electron chi connectivity index (χ3n) is 3.86. The van der Waals surface area contributed by atoms with E-state index in [1.165, 1.54) is 0 Å². The van der Waals surface area contributed by atoms with Crippen molar-refractivity contribution in [3.05, 3.63) is 45.3 Å². The molecule has 1 aromatic carbocycles. The number of nitrogens with zero attached hydrogens (tertiary/aromatic N) is 3. The summed E-state index contributed by atoms with van der Waals surface area (Å²) < 4.78 is 46.1. The van der Waals surface area contributed by atoms with Crippen molar-refractivity contribution < 1.29 is 32.6 Å². The van der Waals surface area contributed by atoms with Crippen LogP contribution in [0.2, 0.25) is 0 Å². The van der Waals surface area contributed by atoms with Gasteiger partial charge in [0.2, 0.25) is 0 Å². The molecule has 0 fully saturated rings. The molecule has 0 spiro atoms. The number of ether oxygens (including phenoxy) is 1. The number of methoxy groups -OCH3 is 1. The van der Waals surface area contributed by atoms with E-state index in [-0.39, 0.29) is 15.6 Å². The van der Waals surface area contributed by atoms with Crippen LogP contribution in [-0.2, 0) is 14.3 Å². The number of thioether (sulfide) groups is 1. The molecule has 148 valence electrons. The lowest BCUT2D eigenvalue weighted by molar-refractivity contribution is -0.294. The minimum absolute atomic E-state index is 0.0338. The Morgan fingerprint density at radius 2 is 2.04 bits per heavy atom. The largest absolute Gasteiger partial charge is 0.466 e. The van der Waals surface area contributed by atoms with Crippen LogP contribution in [0.25, 0.3) is 0 Å². The molecule has 0 saturated heterocycles. The molecule has 0 radical (unpaired) electrons. The maximum atomic E-state index is 13.7. The Labute approximate surface area is 169 Å². The molecule has 2 aliphatic rings. The number of alkyl halides is 3. The van der Waals surface area contributed by atoms with Crippen LogP contribution >= 0.6 is 27.7 Å². The highest BCUT2D eigenvalue weighted by molar-refractivity contribution is 9.10. The van der Waals surface area contributed by atoms with Gasteiger partial charge >= 0.3 is 12.1 Å². The summed E-state index contributed by atoms with van der Waals surface area (Å²) in [5.41, 5.74) is -3.05. The van der Waals surface area contributed by atoms with Crippen molar-refractivity contribution in [1.82, 2.24) is 5.01 Å². The van der Waals surface area contributed by atoms with Crippen molar-refractivity contribution in [3.8, 4) is 0 Å². The van der Waals surface area contributed by atoms with Gasteiger partial charge in [0.15, 0.2) is 5.17 Å². The maximum Gasteiger partial charge on any atom is 0.438 e. The van der Waals surface area contributed by atoms with Crippen molar-refractivity contribution >= 4 is 50.4 Å². The second-order valence-corrected chi connectivity index (χ2v) is 7.61. The SMILES string of the molecule is COC(=O)/C=C1/SC(N2N=C(c3ccc(Br)cc3)CC2(O)C(F)(F)F)=NC1=O. The Bertz CT molecular complexity index is 930. The van der Waals surface area contributed by atoms with Crippen LogP contribution in [0.15, 0.2) is 49.8 Å². The number of rotatable bonds is 2. The lowest BCUT2D eigenvalue weighted by atomic mass is 10.0. The maximum absolute atomic E-state index is 13.7. The Hall–Kier alpha value is -2.18. The molecular weight excluding hydrogens is 467 g/mol. The van der Waals surface area contributed by atoms with E-state index in [1.54, 1.807) is 24.3 Å². The fourth-order valence-corrected chi connectivity index (χ4v) is 3.58. The number of esters is 1. The molecule has 0 bridgehead atoms. The van der Waals surface area contributed by atoms with E-state index in [0.717, 1.165) is 17.7 Å². The summed E-state index contributed by atoms with van der Waals surface area (Å²) in [6, 6.07) is 6.33. The monoisotopic (exact) mass is 477 g/mol. The molecule has 0 aromatic heterocycles. The summed E-state index contributed by atoms with van der Waals surface area (Å²) in [6.07, 6.45) is -5.14. The summed E-state index contributed by atoms with van der Waals surface area (Å²) in [5.74, 6) is -1.79. The van der Waals surface area contributed by atoms with Crippen molar-refractivity contribution in [2.75, 3.05) is 7.11 Å². The highest BCUT2D eigenvalue weighted by atomic mass is 79.9. The molecule has 1 unspecified atom stereocenters. The molecule has 12 heteroatoms. The first-order valence-corrected chi connectivity index (χ1v) is 9.19. The number of amides is 1. The summed E-state index contributed by atoms with van der Waals surface area (Å²) in [7, 11) is 1.09. The van der Waals surface area contributed by atoms with E-state index >= 15 is 0 Å². The van der Waals surface area contributed by atoms with E-state index in [0.29, 0.717) is 17.3 Å². The molecule has 2 heterocycles. The number of carbonyl (C=O) groups excluding carboxylic acids is 2. The molecular formula is C16H11BrF3N3O4S. The van der Waals surface area contributed by atoms with Gasteiger partial charge < -0.3 is 9.84 Å². The number of hydrogen-bond acceptors (Lipinski definition) is 7. The van der Waals surface area contributed by atoms with Gasteiger partial charge in [0.25, 0.3) is 11.6 Å². The number of aliphatic hydroxyl groups is 1. The molecule has 1 aromatic rings. The van der Waals surface area contributed by atoms with Crippen LogP contribution in [-0.4, -0.2) is 51.9 Å². The van der Waals surface area contributed by atoms with E-state index < -0.39 is 35.4 Å². The zero-order chi connectivity index (χ0) is 20.7. The number of hydrazone groups is 1. The lowest BCUT2D eigenvalue weighted by Crippen LogP contribution is -2.56. The molecule has 2 aliphatic heterocycles. The Balaban J connectivity index is 1.99. The molecule has 7 nitrogen and oxygen atoms in total. The summed E-state index contributed by atoms with van der Waals surface area (Å²) in [6.45, 7) is 0. The smallest absolute Gasteiger partial charge is 0.438 e. The Morgan fingerprint density at radius 1 is 1.39 bits per heavy atom. The molecule has 1 amide bonds. The number of hydrogen-bond donors (Lipinski definition) is 1. The molecule has 0 aliphatic carbocycles. The first-order chi connectivity index (χ1) is 13.0. The van der Waals surface area contributed by atoms with Crippen molar-refractivity contribution in [3.63, 3.8) is 0 Å². The fraction of sp³-hybridized carbons (Fsp3) is 0.250. The Morgan fingerprint density at radius 3 is 2.61 bits per heavy atom. The standard InChI is InChI=1S/C16H11BrF3N3O4S/c1-27-12(24)6-11-13(25)21-14(28-11)23-15(26,16(18,19)20)7-10(22-23)8-2-4-9(17)5-3-8/h2-6,26H,7H2,1H3/b11-6+. The predicted octanol–water partition coefficient (Wildman–Crippen LogP) is 2.80. The first kappa shape index (κ1) is 20.6. The predicted molar refractivity (Wildman–Crippen MR) is 98.3 cm³/mol. The lowest BCUT2D eigenvalue weighted by Gasteiger charge is -2.33. The molecule has 1 atom stereocenters. The van der Waals surface area contributed by atoms with Gasteiger partial charge in [0.1, 0.15) is 0 Å². The van der Waals surface area contributed by atoms with Crippen molar-refractivity contribution in [1.29, 1.82) is 0 Å². The summed E-state index contributed by atoms with van der Waals surface area (Å²) in [5, 5.41) is 14.0. The number of amidine groups is 1. The second-order valence-electron chi connectivity index (χ2n) is 5.69. The minimum Gasteiger partial charge on any atom is -0.466 e. The molecule has 28 heavy (non-hydrogen) atoms. The van der Waals surface area contributed by atoms with E-state index in [9.17, 15) is 27.9 Å². The number of aliphatic imine (C=N–C) groups is 1. The molecule has 3 rings (SSSR count). The number of benzene rings is 1. The van der Waals surface area contributed by atoms with E-state index in [2.05, 4.69) is 30.8 Å². The summed E-state index contributed by atoms with van der Waals surface area (Å²) in [4.78, 5) is 26.5. The second kappa shape index (κ2) is 7.33. The van der Waals surface area contributed by atoms with Gasteiger partial charge in [-0.25, -0.2) is 4.79 Å². The normalized spacial score (nSPS) is 23.9. The van der Waals surface area contributed by atoms with Crippen LogP contribution in [0.3, 0.4) is 0 Å². The molecule has 0 saturated carbocycles. The fourth-order valence-electron chi connectivity index (χ4n) is 2.43. The minimum atomic E-state index is -5.09. The van der Waals surface area contributed by atoms with E-state index in [1.807, 2.05) is 0 Å². The van der Waals surface area contributed by atoms with Crippen molar-refractivity contribution in [2.45, 2.75) is 18.3 Å². The highest BCUT2D eigenvalue weighted by Crippen LogP contribution is 2.44. The van der Waals surface area contributed by atoms with Crippen LogP contribution < -0.4 is 0 Å². The van der Waals surface area contributed by atoms with Crippen LogP contribution in [0, 0.1) is 0 Å². The van der Waals surface area contributed by atoms with Gasteiger partial charge in [0, 0.05) is 10.5 Å². The van der Waals surface area contributed by atoms with Crippen molar-refractivity contribution in [2.24, 2.45) is 10.1 Å². The highest BCUT2D eigenvalue weighted by Gasteiger charge is 2.63. The van der Waals surface area contributed by atoms with Gasteiger partial charge in [-0.3, -0.25) is 4.79 Å². The van der Waals surface area contributed by atoms with E-state index in [4.69, 9.17) is 0 Å². The molecule has 1 N–H and O–H groups in total.